The second-order valence-electron chi connectivity index (χ2n) is 6.32. The number of thiophene rings is 2. The number of rotatable bonds is 7. The third-order valence-electron chi connectivity index (χ3n) is 4.20. The Balaban J connectivity index is 1.42. The molecule has 0 aliphatic rings. The molecule has 0 saturated heterocycles. The fourth-order valence-electron chi connectivity index (χ4n) is 2.82. The van der Waals surface area contributed by atoms with E-state index in [0.29, 0.717) is 15.7 Å². The molecule has 1 unspecified atom stereocenters. The van der Waals surface area contributed by atoms with Gasteiger partial charge in [-0.1, -0.05) is 24.3 Å². The average molecular weight is 458 g/mol. The summed E-state index contributed by atoms with van der Waals surface area (Å²) >= 11 is 4.14. The van der Waals surface area contributed by atoms with E-state index in [0.717, 1.165) is 10.4 Å². The molecule has 5 nitrogen and oxygen atoms in total. The minimum atomic E-state index is -0.366. The predicted octanol–water partition coefficient (Wildman–Crippen LogP) is 5.11. The number of nitrogens with one attached hydrogen (secondary N) is 2. The molecule has 0 aliphatic heterocycles. The maximum atomic E-state index is 13.3. The van der Waals surface area contributed by atoms with Gasteiger partial charge in [-0.2, -0.15) is 0 Å². The number of benzene rings is 1. The summed E-state index contributed by atoms with van der Waals surface area (Å²) in [6.07, 6.45) is 0.0778. The van der Waals surface area contributed by atoms with Crippen molar-refractivity contribution in [3.63, 3.8) is 0 Å². The Morgan fingerprint density at radius 3 is 2.47 bits per heavy atom. The zero-order valence-corrected chi connectivity index (χ0v) is 18.0. The second kappa shape index (κ2) is 9.29. The number of hydrogen-bond donors (Lipinski definition) is 2. The largest absolute Gasteiger partial charge is 0.344 e. The molecule has 1 atom stereocenters. The lowest BCUT2D eigenvalue weighted by Gasteiger charge is -2.18. The van der Waals surface area contributed by atoms with Crippen LogP contribution in [0, 0.1) is 5.82 Å². The summed E-state index contributed by atoms with van der Waals surface area (Å²) in [4.78, 5) is 30.7. The number of thiazole rings is 1. The first-order valence-electron chi connectivity index (χ1n) is 8.96. The molecule has 9 heteroatoms. The molecule has 0 bridgehead atoms. The van der Waals surface area contributed by atoms with E-state index >= 15 is 0 Å². The van der Waals surface area contributed by atoms with Gasteiger partial charge in [0.2, 0.25) is 5.91 Å². The monoisotopic (exact) mass is 457 g/mol. The molecule has 4 rings (SSSR count). The fraction of sp³-hybridized carbons (Fsp3) is 0.0952. The van der Waals surface area contributed by atoms with Gasteiger partial charge in [-0.05, 0) is 40.6 Å². The van der Waals surface area contributed by atoms with Crippen molar-refractivity contribution in [2.45, 2.75) is 12.5 Å². The van der Waals surface area contributed by atoms with Gasteiger partial charge >= 0.3 is 0 Å². The molecule has 2 N–H and O–H groups in total. The predicted molar refractivity (Wildman–Crippen MR) is 119 cm³/mol. The average Bonchev–Trinajstić information content (AvgIpc) is 3.50. The molecule has 0 spiro atoms. The molecule has 0 saturated carbocycles. The number of anilines is 1. The van der Waals surface area contributed by atoms with Crippen LogP contribution in [0.3, 0.4) is 0 Å². The number of carbonyl (C=O) groups excluding carboxylic acids is 2. The summed E-state index contributed by atoms with van der Waals surface area (Å²) in [7, 11) is 0. The van der Waals surface area contributed by atoms with Crippen LogP contribution in [0.1, 0.15) is 31.8 Å². The summed E-state index contributed by atoms with van der Waals surface area (Å²) in [5.41, 5.74) is 1.37. The second-order valence-corrected chi connectivity index (χ2v) is 9.10. The molecule has 152 valence electrons. The highest BCUT2D eigenvalue weighted by Gasteiger charge is 2.19. The third kappa shape index (κ3) is 4.99. The highest BCUT2D eigenvalue weighted by atomic mass is 32.1. The Labute approximate surface area is 184 Å². The van der Waals surface area contributed by atoms with Crippen LogP contribution in [-0.2, 0) is 11.2 Å². The summed E-state index contributed by atoms with van der Waals surface area (Å²) in [5.74, 6) is -0.752. The Hall–Kier alpha value is -2.88. The van der Waals surface area contributed by atoms with Gasteiger partial charge in [-0.25, -0.2) is 9.37 Å². The zero-order chi connectivity index (χ0) is 20.9. The molecule has 3 heterocycles. The molecule has 0 fully saturated rings. The third-order valence-corrected chi connectivity index (χ3v) is 6.81. The summed E-state index contributed by atoms with van der Waals surface area (Å²) in [6, 6.07) is 13.1. The van der Waals surface area contributed by atoms with Gasteiger partial charge in [0.25, 0.3) is 5.91 Å². The number of hydrogen-bond acceptors (Lipinski definition) is 6. The highest BCUT2D eigenvalue weighted by Crippen LogP contribution is 2.26. The number of halogens is 1. The summed E-state index contributed by atoms with van der Waals surface area (Å²) in [6.45, 7) is 0. The number of amides is 2. The van der Waals surface area contributed by atoms with Gasteiger partial charge in [-0.15, -0.1) is 34.0 Å². The Kier molecular flexibility index (Phi) is 6.32. The van der Waals surface area contributed by atoms with E-state index in [2.05, 4.69) is 15.6 Å². The molecule has 1 aromatic carbocycles. The molecular weight excluding hydrogens is 441 g/mol. The zero-order valence-electron chi connectivity index (χ0n) is 15.5. The normalized spacial score (nSPS) is 11.8. The Bertz CT molecular complexity index is 1120. The van der Waals surface area contributed by atoms with Crippen LogP contribution in [0.4, 0.5) is 9.52 Å². The summed E-state index contributed by atoms with van der Waals surface area (Å²) < 4.78 is 13.3. The van der Waals surface area contributed by atoms with Crippen LogP contribution in [0.2, 0.25) is 0 Å². The van der Waals surface area contributed by atoms with E-state index in [9.17, 15) is 14.0 Å². The van der Waals surface area contributed by atoms with Gasteiger partial charge in [0, 0.05) is 10.3 Å². The first-order chi connectivity index (χ1) is 14.6. The van der Waals surface area contributed by atoms with Crippen molar-refractivity contribution in [3.05, 3.63) is 91.5 Å². The maximum absolute atomic E-state index is 13.3. The Morgan fingerprint density at radius 1 is 1.00 bits per heavy atom. The van der Waals surface area contributed by atoms with Crippen LogP contribution in [-0.4, -0.2) is 16.8 Å². The van der Waals surface area contributed by atoms with Crippen molar-refractivity contribution in [2.24, 2.45) is 0 Å². The molecule has 2 amide bonds. The van der Waals surface area contributed by atoms with Crippen molar-refractivity contribution in [1.82, 2.24) is 10.3 Å². The number of nitrogens with zero attached hydrogens (tertiary/aromatic N) is 1. The molecule has 3 aromatic heterocycles. The van der Waals surface area contributed by atoms with Crippen LogP contribution in [0.15, 0.2) is 64.7 Å². The minimum Gasteiger partial charge on any atom is -0.344 e. The first-order valence-corrected chi connectivity index (χ1v) is 11.6. The quantitative estimate of drug-likeness (QED) is 0.405. The van der Waals surface area contributed by atoms with Crippen molar-refractivity contribution < 1.29 is 14.0 Å². The molecule has 0 radical (unpaired) electrons. The van der Waals surface area contributed by atoms with E-state index in [4.69, 9.17) is 0 Å². The van der Waals surface area contributed by atoms with Crippen molar-refractivity contribution >= 4 is 51.0 Å². The standard InChI is InChI=1S/C21H16FN3O2S3/c22-14-7-5-13(6-8-14)19(16-3-1-9-28-16)24-18(26)11-15-12-30-21(23-15)25-20(27)17-4-2-10-29-17/h1-10,12,19H,11H2,(H,24,26)(H,23,25,27). The van der Waals surface area contributed by atoms with Gasteiger partial charge < -0.3 is 5.32 Å². The smallest absolute Gasteiger partial charge is 0.267 e. The van der Waals surface area contributed by atoms with E-state index in [1.54, 1.807) is 23.6 Å². The van der Waals surface area contributed by atoms with E-state index in [1.807, 2.05) is 29.0 Å². The van der Waals surface area contributed by atoms with Crippen molar-refractivity contribution in [1.29, 1.82) is 0 Å². The number of carbonyl (C=O) groups is 2. The van der Waals surface area contributed by atoms with Gasteiger partial charge in [0.15, 0.2) is 5.13 Å². The summed E-state index contributed by atoms with van der Waals surface area (Å²) in [5, 5.41) is 11.7. The molecule has 4 aromatic rings. The van der Waals surface area contributed by atoms with Crippen LogP contribution in [0.25, 0.3) is 0 Å². The minimum absolute atomic E-state index is 0.0778. The van der Waals surface area contributed by atoms with Gasteiger partial charge in [0.05, 0.1) is 23.0 Å². The number of aromatic nitrogens is 1. The van der Waals surface area contributed by atoms with E-state index in [1.165, 1.54) is 46.1 Å². The Morgan fingerprint density at radius 2 is 1.77 bits per heavy atom. The lowest BCUT2D eigenvalue weighted by atomic mass is 10.0. The van der Waals surface area contributed by atoms with Crippen LogP contribution in [0.5, 0.6) is 0 Å². The maximum Gasteiger partial charge on any atom is 0.267 e. The fourth-order valence-corrected chi connectivity index (χ4v) is 4.94. The van der Waals surface area contributed by atoms with E-state index < -0.39 is 0 Å². The first kappa shape index (κ1) is 20.4. The van der Waals surface area contributed by atoms with Crippen molar-refractivity contribution in [2.75, 3.05) is 5.32 Å². The molecule has 0 aliphatic carbocycles. The highest BCUT2D eigenvalue weighted by molar-refractivity contribution is 7.14. The molecule has 30 heavy (non-hydrogen) atoms. The van der Waals surface area contributed by atoms with Crippen LogP contribution >= 0.6 is 34.0 Å². The lowest BCUT2D eigenvalue weighted by molar-refractivity contribution is -0.121. The van der Waals surface area contributed by atoms with Gasteiger partial charge in [-0.3, -0.25) is 14.9 Å². The van der Waals surface area contributed by atoms with Gasteiger partial charge in [0.1, 0.15) is 5.82 Å². The van der Waals surface area contributed by atoms with E-state index in [-0.39, 0.29) is 30.1 Å². The van der Waals surface area contributed by atoms with Crippen molar-refractivity contribution in [3.8, 4) is 0 Å². The molecular formula is C21H16FN3O2S3. The SMILES string of the molecule is O=C(Cc1csc(NC(=O)c2cccs2)n1)NC(c1ccc(F)cc1)c1cccs1. The lowest BCUT2D eigenvalue weighted by Crippen LogP contribution is -2.30. The van der Waals surface area contributed by atoms with Crippen LogP contribution < -0.4 is 10.6 Å². The topological polar surface area (TPSA) is 71.1 Å².